The first-order valence-electron chi connectivity index (χ1n) is 10.00. The quantitative estimate of drug-likeness (QED) is 0.801. The largest absolute Gasteiger partial charge is 0.497 e. The molecule has 0 unspecified atom stereocenters. The van der Waals surface area contributed by atoms with E-state index in [1.807, 2.05) is 18.2 Å². The number of carbonyl (C=O) groups is 1. The van der Waals surface area contributed by atoms with Gasteiger partial charge in [-0.2, -0.15) is 0 Å². The number of amides is 1. The summed E-state index contributed by atoms with van der Waals surface area (Å²) >= 11 is 0. The summed E-state index contributed by atoms with van der Waals surface area (Å²) in [7, 11) is 1.67. The van der Waals surface area contributed by atoms with E-state index in [4.69, 9.17) is 4.74 Å². The van der Waals surface area contributed by atoms with Gasteiger partial charge in [0, 0.05) is 38.4 Å². The van der Waals surface area contributed by atoms with Gasteiger partial charge in [-0.1, -0.05) is 24.3 Å². The topological polar surface area (TPSA) is 44.8 Å². The normalized spacial score (nSPS) is 14.8. The van der Waals surface area contributed by atoms with Crippen molar-refractivity contribution in [3.8, 4) is 5.75 Å². The summed E-state index contributed by atoms with van der Waals surface area (Å²) in [5.74, 6) is 0.952. The van der Waals surface area contributed by atoms with Gasteiger partial charge in [0.25, 0.3) is 0 Å². The van der Waals surface area contributed by atoms with Gasteiger partial charge in [-0.3, -0.25) is 9.69 Å². The molecule has 3 rings (SSSR count). The van der Waals surface area contributed by atoms with Crippen LogP contribution in [-0.2, 0) is 11.2 Å². The van der Waals surface area contributed by atoms with Gasteiger partial charge >= 0.3 is 0 Å². The van der Waals surface area contributed by atoms with Crippen molar-refractivity contribution in [1.82, 2.24) is 10.2 Å². The summed E-state index contributed by atoms with van der Waals surface area (Å²) in [5.41, 5.74) is 5.17. The Bertz CT molecular complexity index is 798. The highest BCUT2D eigenvalue weighted by molar-refractivity contribution is 5.78. The molecule has 28 heavy (non-hydrogen) atoms. The van der Waals surface area contributed by atoms with Crippen LogP contribution in [0.5, 0.6) is 5.75 Å². The van der Waals surface area contributed by atoms with Crippen molar-refractivity contribution in [2.45, 2.75) is 20.3 Å². The fraction of sp³-hybridized carbons (Fsp3) is 0.435. The molecular weight excluding hydrogens is 350 g/mol. The van der Waals surface area contributed by atoms with Gasteiger partial charge in [0.15, 0.2) is 0 Å². The summed E-state index contributed by atoms with van der Waals surface area (Å²) in [6.07, 6.45) is 0.809. The Morgan fingerprint density at radius 1 is 1.07 bits per heavy atom. The van der Waals surface area contributed by atoms with Gasteiger partial charge < -0.3 is 15.0 Å². The molecule has 1 aliphatic heterocycles. The maximum Gasteiger partial charge on any atom is 0.234 e. The zero-order valence-corrected chi connectivity index (χ0v) is 17.2. The van der Waals surface area contributed by atoms with E-state index in [0.29, 0.717) is 13.1 Å². The Hall–Kier alpha value is -2.53. The lowest BCUT2D eigenvalue weighted by molar-refractivity contribution is -0.122. The van der Waals surface area contributed by atoms with Crippen LogP contribution in [0, 0.1) is 13.8 Å². The van der Waals surface area contributed by atoms with Gasteiger partial charge in [-0.25, -0.2) is 0 Å². The third kappa shape index (κ3) is 5.26. The molecular formula is C23H31N3O2. The molecule has 0 saturated carbocycles. The SMILES string of the molecule is COc1cccc(CCNC(=O)CN2CCN(c3cccc(C)c3C)CC2)c1. The molecule has 5 nitrogen and oxygen atoms in total. The van der Waals surface area contributed by atoms with Crippen LogP contribution >= 0.6 is 0 Å². The zero-order chi connectivity index (χ0) is 19.9. The molecule has 1 aliphatic rings. The standard InChI is InChI=1S/C23H31N3O2/c1-18-6-4-9-22(19(18)2)26-14-12-25(13-15-26)17-23(27)24-11-10-20-7-5-8-21(16-20)28-3/h4-9,16H,10-15,17H2,1-3H3,(H,24,27). The molecule has 1 heterocycles. The van der Waals surface area contributed by atoms with E-state index in [0.717, 1.165) is 38.3 Å². The lowest BCUT2D eigenvalue weighted by atomic mass is 10.1. The number of aryl methyl sites for hydroxylation is 1. The van der Waals surface area contributed by atoms with Crippen LogP contribution in [0.3, 0.4) is 0 Å². The number of hydrogen-bond acceptors (Lipinski definition) is 4. The molecule has 1 saturated heterocycles. The second-order valence-electron chi connectivity index (χ2n) is 7.43. The van der Waals surface area contributed by atoms with Crippen molar-refractivity contribution in [3.05, 3.63) is 59.2 Å². The van der Waals surface area contributed by atoms with Gasteiger partial charge in [0.1, 0.15) is 5.75 Å². The summed E-state index contributed by atoms with van der Waals surface area (Å²) < 4.78 is 5.24. The van der Waals surface area contributed by atoms with Gasteiger partial charge in [-0.15, -0.1) is 0 Å². The highest BCUT2D eigenvalue weighted by Gasteiger charge is 2.20. The fourth-order valence-corrected chi connectivity index (χ4v) is 3.66. The van der Waals surface area contributed by atoms with Crippen molar-refractivity contribution < 1.29 is 9.53 Å². The number of methoxy groups -OCH3 is 1. The number of anilines is 1. The monoisotopic (exact) mass is 381 g/mol. The maximum atomic E-state index is 12.3. The Kier molecular flexibility index (Phi) is 6.93. The molecule has 0 aromatic heterocycles. The Balaban J connectivity index is 1.40. The van der Waals surface area contributed by atoms with Gasteiger partial charge in [0.05, 0.1) is 13.7 Å². The minimum Gasteiger partial charge on any atom is -0.497 e. The molecule has 0 spiro atoms. The second kappa shape index (κ2) is 9.60. The Labute approximate surface area is 168 Å². The minimum absolute atomic E-state index is 0.100. The first kappa shape index (κ1) is 20.2. The first-order valence-corrected chi connectivity index (χ1v) is 10.00. The maximum absolute atomic E-state index is 12.3. The molecule has 2 aromatic carbocycles. The summed E-state index contributed by atoms with van der Waals surface area (Å²) in [5, 5.41) is 3.04. The molecule has 0 atom stereocenters. The minimum atomic E-state index is 0.100. The van der Waals surface area contributed by atoms with Crippen LogP contribution in [0.1, 0.15) is 16.7 Å². The highest BCUT2D eigenvalue weighted by Crippen LogP contribution is 2.23. The number of ether oxygens (including phenoxy) is 1. The Morgan fingerprint density at radius 3 is 2.57 bits per heavy atom. The third-order valence-electron chi connectivity index (χ3n) is 5.53. The molecule has 0 radical (unpaired) electrons. The molecule has 0 aliphatic carbocycles. The lowest BCUT2D eigenvalue weighted by Crippen LogP contribution is -2.49. The number of rotatable bonds is 7. The predicted molar refractivity (Wildman–Crippen MR) is 114 cm³/mol. The van der Waals surface area contributed by atoms with Crippen LogP contribution in [-0.4, -0.2) is 57.2 Å². The van der Waals surface area contributed by atoms with Crippen LogP contribution in [0.25, 0.3) is 0 Å². The molecule has 1 fully saturated rings. The molecule has 150 valence electrons. The summed E-state index contributed by atoms with van der Waals surface area (Å²) in [4.78, 5) is 17.0. The summed E-state index contributed by atoms with van der Waals surface area (Å²) in [6.45, 7) is 9.21. The van der Waals surface area contributed by atoms with Crippen molar-refractivity contribution in [1.29, 1.82) is 0 Å². The average Bonchev–Trinajstić information content (AvgIpc) is 2.71. The second-order valence-corrected chi connectivity index (χ2v) is 7.43. The van der Waals surface area contributed by atoms with E-state index in [9.17, 15) is 4.79 Å². The lowest BCUT2D eigenvalue weighted by Gasteiger charge is -2.36. The molecule has 2 aromatic rings. The first-order chi connectivity index (χ1) is 13.6. The molecule has 5 heteroatoms. The number of hydrogen-bond donors (Lipinski definition) is 1. The number of carbonyl (C=O) groups excluding carboxylic acids is 1. The van der Waals surface area contributed by atoms with Crippen molar-refractivity contribution in [2.24, 2.45) is 0 Å². The van der Waals surface area contributed by atoms with E-state index in [-0.39, 0.29) is 5.91 Å². The Morgan fingerprint density at radius 2 is 1.82 bits per heavy atom. The van der Waals surface area contributed by atoms with E-state index < -0.39 is 0 Å². The van der Waals surface area contributed by atoms with Crippen LogP contribution < -0.4 is 15.0 Å². The number of nitrogens with zero attached hydrogens (tertiary/aromatic N) is 2. The van der Waals surface area contributed by atoms with Gasteiger partial charge in [-0.05, 0) is 55.2 Å². The van der Waals surface area contributed by atoms with Gasteiger partial charge in [0.2, 0.25) is 5.91 Å². The zero-order valence-electron chi connectivity index (χ0n) is 17.2. The molecule has 0 bridgehead atoms. The van der Waals surface area contributed by atoms with Crippen LogP contribution in [0.2, 0.25) is 0 Å². The van der Waals surface area contributed by atoms with Crippen molar-refractivity contribution in [2.75, 3.05) is 51.3 Å². The predicted octanol–water partition coefficient (Wildman–Crippen LogP) is 2.79. The smallest absolute Gasteiger partial charge is 0.234 e. The average molecular weight is 382 g/mol. The van der Waals surface area contributed by atoms with E-state index in [2.05, 4.69) is 53.2 Å². The van der Waals surface area contributed by atoms with E-state index in [1.165, 1.54) is 22.4 Å². The van der Waals surface area contributed by atoms with Crippen LogP contribution in [0.15, 0.2) is 42.5 Å². The van der Waals surface area contributed by atoms with E-state index in [1.54, 1.807) is 7.11 Å². The third-order valence-corrected chi connectivity index (χ3v) is 5.53. The highest BCUT2D eigenvalue weighted by atomic mass is 16.5. The molecule has 1 N–H and O–H groups in total. The number of benzene rings is 2. The number of nitrogens with one attached hydrogen (secondary N) is 1. The summed E-state index contributed by atoms with van der Waals surface area (Å²) in [6, 6.07) is 14.5. The molecule has 1 amide bonds. The fourth-order valence-electron chi connectivity index (χ4n) is 3.66. The van der Waals surface area contributed by atoms with Crippen molar-refractivity contribution in [3.63, 3.8) is 0 Å². The number of piperazine rings is 1. The van der Waals surface area contributed by atoms with Crippen LogP contribution in [0.4, 0.5) is 5.69 Å². The van der Waals surface area contributed by atoms with Crippen molar-refractivity contribution >= 4 is 11.6 Å². The van der Waals surface area contributed by atoms with E-state index >= 15 is 0 Å².